The minimum absolute atomic E-state index is 0.182. The quantitative estimate of drug-likeness (QED) is 0.330. The number of halogens is 1. The number of urea groups is 1. The van der Waals surface area contributed by atoms with Crippen LogP contribution in [0.4, 0.5) is 25.5 Å². The monoisotopic (exact) mass is 457 g/mol. The molecule has 1 aromatic heterocycles. The molecule has 0 saturated carbocycles. The van der Waals surface area contributed by atoms with Crippen LogP contribution in [0.1, 0.15) is 6.92 Å². The van der Waals surface area contributed by atoms with Gasteiger partial charge >= 0.3 is 12.1 Å². The number of rotatable bonds is 9. The van der Waals surface area contributed by atoms with Crippen LogP contribution in [0, 0.1) is 11.2 Å². The summed E-state index contributed by atoms with van der Waals surface area (Å²) >= 11 is 0. The molecule has 0 bridgehead atoms. The Balaban J connectivity index is 1.69. The van der Waals surface area contributed by atoms with Gasteiger partial charge in [-0.3, -0.25) is 15.1 Å². The van der Waals surface area contributed by atoms with E-state index in [1.807, 2.05) is 0 Å². The molecule has 3 rings (SSSR count). The summed E-state index contributed by atoms with van der Waals surface area (Å²) in [7, 11) is 0. The number of nitrogens with one attached hydrogen (secondary N) is 3. The summed E-state index contributed by atoms with van der Waals surface area (Å²) in [4.78, 5) is 41.0. The fourth-order valence-electron chi connectivity index (χ4n) is 3.26. The van der Waals surface area contributed by atoms with Gasteiger partial charge in [-0.25, -0.2) is 19.0 Å². The molecule has 1 aromatic carbocycles. The molecule has 0 radical (unpaired) electrons. The minimum Gasteiger partial charge on any atom is -0.442 e. The smallest absolute Gasteiger partial charge is 0.414 e. The molecule has 1 fully saturated rings. The number of carbonyl (C=O) groups excluding carboxylic acids is 3. The SMILES string of the molecule is CC(=O)NCC1CN(c2ccc(-c3ccc(N(C=N)CCNC(N)=O)nc3)c(F)c2)C(=O)O1. The van der Waals surface area contributed by atoms with Crippen molar-refractivity contribution in [1.29, 1.82) is 5.41 Å². The lowest BCUT2D eigenvalue weighted by Gasteiger charge is -2.18. The number of primary amides is 1. The highest BCUT2D eigenvalue weighted by Gasteiger charge is 2.32. The van der Waals surface area contributed by atoms with Crippen LogP contribution < -0.4 is 26.2 Å². The number of amides is 4. The summed E-state index contributed by atoms with van der Waals surface area (Å²) in [6.45, 7) is 2.26. The Labute approximate surface area is 189 Å². The molecule has 4 amide bonds. The van der Waals surface area contributed by atoms with Crippen molar-refractivity contribution in [3.05, 3.63) is 42.3 Å². The first-order valence-electron chi connectivity index (χ1n) is 10.1. The topological polar surface area (TPSA) is 154 Å². The summed E-state index contributed by atoms with van der Waals surface area (Å²) < 4.78 is 20.1. The van der Waals surface area contributed by atoms with E-state index in [4.69, 9.17) is 15.9 Å². The zero-order valence-corrected chi connectivity index (χ0v) is 17.9. The van der Waals surface area contributed by atoms with Gasteiger partial charge in [0.15, 0.2) is 0 Å². The number of benzene rings is 1. The predicted octanol–water partition coefficient (Wildman–Crippen LogP) is 1.43. The van der Waals surface area contributed by atoms with E-state index in [2.05, 4.69) is 15.6 Å². The van der Waals surface area contributed by atoms with Crippen LogP contribution >= 0.6 is 0 Å². The van der Waals surface area contributed by atoms with Crippen molar-refractivity contribution in [2.24, 2.45) is 5.73 Å². The Morgan fingerprint density at radius 2 is 2.15 bits per heavy atom. The predicted molar refractivity (Wildman–Crippen MR) is 120 cm³/mol. The number of nitrogens with two attached hydrogens (primary N) is 1. The molecule has 11 nitrogen and oxygen atoms in total. The van der Waals surface area contributed by atoms with Gasteiger partial charge in [0.05, 0.1) is 25.1 Å². The number of ether oxygens (including phenoxy) is 1. The molecule has 2 aromatic rings. The number of nitrogens with zero attached hydrogens (tertiary/aromatic N) is 3. The summed E-state index contributed by atoms with van der Waals surface area (Å²) in [6.07, 6.45) is 1.41. The Bertz CT molecular complexity index is 1050. The highest BCUT2D eigenvalue weighted by molar-refractivity contribution is 5.90. The minimum atomic E-state index is -0.660. The zero-order valence-electron chi connectivity index (χ0n) is 17.9. The molecule has 174 valence electrons. The third kappa shape index (κ3) is 5.93. The van der Waals surface area contributed by atoms with Crippen molar-refractivity contribution in [1.82, 2.24) is 15.6 Å². The van der Waals surface area contributed by atoms with E-state index in [1.54, 1.807) is 24.3 Å². The molecule has 5 N–H and O–H groups in total. The number of hydrogen-bond donors (Lipinski definition) is 4. The van der Waals surface area contributed by atoms with Gasteiger partial charge in [0, 0.05) is 37.3 Å². The molecule has 1 atom stereocenters. The molecule has 33 heavy (non-hydrogen) atoms. The van der Waals surface area contributed by atoms with Gasteiger partial charge in [-0.15, -0.1) is 0 Å². The Kier molecular flexibility index (Phi) is 7.38. The second-order valence-electron chi connectivity index (χ2n) is 7.24. The van der Waals surface area contributed by atoms with Crippen LogP contribution in [-0.4, -0.2) is 61.6 Å². The second kappa shape index (κ2) is 10.4. The molecule has 1 aliphatic rings. The van der Waals surface area contributed by atoms with Crippen LogP contribution in [0.3, 0.4) is 0 Å². The van der Waals surface area contributed by atoms with Gasteiger partial charge in [-0.05, 0) is 30.3 Å². The average molecular weight is 457 g/mol. The highest BCUT2D eigenvalue weighted by Crippen LogP contribution is 2.29. The van der Waals surface area contributed by atoms with Gasteiger partial charge in [0.2, 0.25) is 5.91 Å². The average Bonchev–Trinajstić information content (AvgIpc) is 3.16. The molecule has 1 unspecified atom stereocenters. The Hall–Kier alpha value is -4.22. The summed E-state index contributed by atoms with van der Waals surface area (Å²) in [5, 5.41) is 12.5. The third-order valence-corrected chi connectivity index (χ3v) is 4.88. The van der Waals surface area contributed by atoms with Gasteiger partial charge in [-0.2, -0.15) is 0 Å². The molecular weight excluding hydrogens is 433 g/mol. The fourth-order valence-corrected chi connectivity index (χ4v) is 3.26. The van der Waals surface area contributed by atoms with E-state index >= 15 is 0 Å². The third-order valence-electron chi connectivity index (χ3n) is 4.88. The Morgan fingerprint density at radius 3 is 2.76 bits per heavy atom. The van der Waals surface area contributed by atoms with Crippen molar-refractivity contribution >= 4 is 35.9 Å². The molecule has 0 aliphatic carbocycles. The van der Waals surface area contributed by atoms with Gasteiger partial charge in [0.25, 0.3) is 0 Å². The standard InChI is InChI=1S/C21H24FN7O4/c1-13(30)26-10-16-11-29(21(32)33-16)15-3-4-17(18(22)8-15)14-2-5-19(27-9-14)28(12-23)7-6-25-20(24)31/h2-5,8-9,12,16,23H,6-7,10-11H2,1H3,(H,26,30)(H3,24,25,31). The highest BCUT2D eigenvalue weighted by atomic mass is 19.1. The van der Waals surface area contributed by atoms with Crippen molar-refractivity contribution in [2.45, 2.75) is 13.0 Å². The maximum Gasteiger partial charge on any atom is 0.414 e. The van der Waals surface area contributed by atoms with Crippen molar-refractivity contribution in [3.63, 3.8) is 0 Å². The van der Waals surface area contributed by atoms with Crippen LogP contribution in [0.2, 0.25) is 0 Å². The van der Waals surface area contributed by atoms with Crippen molar-refractivity contribution < 1.29 is 23.5 Å². The first kappa shape index (κ1) is 23.4. The van der Waals surface area contributed by atoms with E-state index < -0.39 is 24.0 Å². The number of carbonyl (C=O) groups is 3. The molecular formula is C21H24FN7O4. The molecule has 1 saturated heterocycles. The molecule has 0 spiro atoms. The summed E-state index contributed by atoms with van der Waals surface area (Å²) in [5.74, 6) is -0.331. The van der Waals surface area contributed by atoms with Gasteiger partial charge < -0.3 is 26.0 Å². The number of hydrogen-bond acceptors (Lipinski definition) is 6. The summed E-state index contributed by atoms with van der Waals surface area (Å²) in [6, 6.07) is 7.01. The van der Waals surface area contributed by atoms with E-state index in [-0.39, 0.29) is 37.6 Å². The lowest BCUT2D eigenvalue weighted by atomic mass is 10.1. The van der Waals surface area contributed by atoms with Crippen molar-refractivity contribution in [2.75, 3.05) is 36.0 Å². The first-order chi connectivity index (χ1) is 15.8. The van der Waals surface area contributed by atoms with E-state index in [9.17, 15) is 18.8 Å². The first-order valence-corrected chi connectivity index (χ1v) is 10.1. The lowest BCUT2D eigenvalue weighted by molar-refractivity contribution is -0.119. The number of cyclic esters (lactones) is 1. The molecule has 2 heterocycles. The van der Waals surface area contributed by atoms with Crippen molar-refractivity contribution in [3.8, 4) is 11.1 Å². The zero-order chi connectivity index (χ0) is 24.0. The van der Waals surface area contributed by atoms with Gasteiger partial charge in [0.1, 0.15) is 17.7 Å². The number of anilines is 2. The fraction of sp³-hybridized carbons (Fsp3) is 0.286. The largest absolute Gasteiger partial charge is 0.442 e. The van der Waals surface area contributed by atoms with Gasteiger partial charge in [-0.1, -0.05) is 0 Å². The lowest BCUT2D eigenvalue weighted by Crippen LogP contribution is -2.37. The van der Waals surface area contributed by atoms with Crippen LogP contribution in [0.25, 0.3) is 11.1 Å². The van der Waals surface area contributed by atoms with Crippen LogP contribution in [0.15, 0.2) is 36.5 Å². The van der Waals surface area contributed by atoms with E-state index in [1.165, 1.54) is 29.0 Å². The van der Waals surface area contributed by atoms with Crippen LogP contribution in [0.5, 0.6) is 0 Å². The maximum atomic E-state index is 14.9. The van der Waals surface area contributed by atoms with E-state index in [0.717, 1.165) is 6.34 Å². The number of aromatic nitrogens is 1. The summed E-state index contributed by atoms with van der Waals surface area (Å²) in [5.41, 5.74) is 6.17. The molecule has 12 heteroatoms. The number of pyridine rings is 1. The molecule has 1 aliphatic heterocycles. The van der Waals surface area contributed by atoms with Crippen LogP contribution in [-0.2, 0) is 9.53 Å². The Morgan fingerprint density at radius 1 is 1.36 bits per heavy atom. The van der Waals surface area contributed by atoms with E-state index in [0.29, 0.717) is 17.1 Å². The normalized spacial score (nSPS) is 15.0. The second-order valence-corrected chi connectivity index (χ2v) is 7.24. The maximum absolute atomic E-state index is 14.9.